The maximum Gasteiger partial charge on any atom is 0.407 e. The summed E-state index contributed by atoms with van der Waals surface area (Å²) in [5, 5.41) is 11.7. The zero-order valence-corrected chi connectivity index (χ0v) is 29.7. The SMILES string of the molecule is CC(C)(C)OC(=O)NCCNc1ncnc2c1ncn2CCCC[N+](C)(C)C.CC(C)(C)OC(=O)NCCNc1ncnc2nc[nH]c12. The number of rotatable bonds is 13. The number of carbonyl (C=O) groups excluding carboxylic acids is 2. The summed E-state index contributed by atoms with van der Waals surface area (Å²) in [6, 6.07) is 0. The second kappa shape index (κ2) is 16.9. The minimum Gasteiger partial charge on any atom is -0.444 e. The number of carbonyl (C=O) groups is 2. The van der Waals surface area contributed by atoms with Gasteiger partial charge in [-0.25, -0.2) is 39.5 Å². The summed E-state index contributed by atoms with van der Waals surface area (Å²) in [4.78, 5) is 51.4. The van der Waals surface area contributed by atoms with Gasteiger partial charge in [-0.2, -0.15) is 0 Å². The number of nitrogens with one attached hydrogen (secondary N) is 5. The maximum absolute atomic E-state index is 11.7. The summed E-state index contributed by atoms with van der Waals surface area (Å²) >= 11 is 0. The highest BCUT2D eigenvalue weighted by molar-refractivity contribution is 5.83. The lowest BCUT2D eigenvalue weighted by molar-refractivity contribution is -0.870. The third kappa shape index (κ3) is 13.5. The average molecular weight is 671 g/mol. The van der Waals surface area contributed by atoms with Crippen LogP contribution in [-0.2, 0) is 16.0 Å². The van der Waals surface area contributed by atoms with Gasteiger partial charge in [-0.3, -0.25) is 0 Å². The Morgan fingerprint density at radius 1 is 0.771 bits per heavy atom. The second-order valence-electron chi connectivity index (χ2n) is 14.1. The van der Waals surface area contributed by atoms with E-state index >= 15 is 0 Å². The molecule has 0 radical (unpaired) electrons. The quantitative estimate of drug-likeness (QED) is 0.103. The maximum atomic E-state index is 11.7. The summed E-state index contributed by atoms with van der Waals surface area (Å²) < 4.78 is 13.4. The first kappa shape index (κ1) is 37.7. The van der Waals surface area contributed by atoms with Crippen LogP contribution in [0.1, 0.15) is 54.4 Å². The molecule has 4 rings (SSSR count). The first-order valence-corrected chi connectivity index (χ1v) is 16.0. The molecule has 17 nitrogen and oxygen atoms in total. The zero-order chi connectivity index (χ0) is 35.4. The number of aryl methyl sites for hydroxylation is 1. The predicted molar refractivity (Wildman–Crippen MR) is 185 cm³/mol. The largest absolute Gasteiger partial charge is 0.444 e. The molecule has 0 aliphatic carbocycles. The molecule has 4 heterocycles. The molecule has 0 fully saturated rings. The van der Waals surface area contributed by atoms with Crippen molar-refractivity contribution >= 4 is 46.1 Å². The third-order valence-corrected chi connectivity index (χ3v) is 6.27. The van der Waals surface area contributed by atoms with E-state index in [9.17, 15) is 9.59 Å². The van der Waals surface area contributed by atoms with E-state index < -0.39 is 23.4 Å². The summed E-state index contributed by atoms with van der Waals surface area (Å²) in [6.07, 6.45) is 7.71. The number of anilines is 2. The molecule has 0 saturated carbocycles. The molecular formula is C31H52N13O4+. The molecule has 0 atom stereocenters. The Labute approximate surface area is 281 Å². The number of hydrogen-bond donors (Lipinski definition) is 5. The van der Waals surface area contributed by atoms with Crippen LogP contribution in [0.25, 0.3) is 22.3 Å². The van der Waals surface area contributed by atoms with Crippen LogP contribution in [0, 0.1) is 0 Å². The normalized spacial score (nSPS) is 11.9. The molecule has 0 saturated heterocycles. The fourth-order valence-corrected chi connectivity index (χ4v) is 4.26. The first-order chi connectivity index (χ1) is 22.5. The number of aromatic amines is 1. The van der Waals surface area contributed by atoms with Crippen LogP contribution in [0.5, 0.6) is 0 Å². The van der Waals surface area contributed by atoms with Gasteiger partial charge in [-0.05, 0) is 54.4 Å². The highest BCUT2D eigenvalue weighted by Crippen LogP contribution is 2.18. The van der Waals surface area contributed by atoms with Crippen molar-refractivity contribution in [2.75, 3.05) is 64.5 Å². The van der Waals surface area contributed by atoms with Gasteiger partial charge in [0.25, 0.3) is 0 Å². The lowest BCUT2D eigenvalue weighted by Crippen LogP contribution is -2.35. The Morgan fingerprint density at radius 2 is 1.35 bits per heavy atom. The number of ether oxygens (including phenoxy) is 2. The topological polar surface area (TPSA) is 199 Å². The van der Waals surface area contributed by atoms with Gasteiger partial charge in [-0.1, -0.05) is 0 Å². The molecule has 0 aromatic carbocycles. The Morgan fingerprint density at radius 3 is 1.96 bits per heavy atom. The number of quaternary nitrogens is 1. The summed E-state index contributed by atoms with van der Waals surface area (Å²) in [6.45, 7) is 14.9. The summed E-state index contributed by atoms with van der Waals surface area (Å²) in [5.74, 6) is 1.32. The Bertz CT molecular complexity index is 1600. The number of amides is 2. The lowest BCUT2D eigenvalue weighted by atomic mass is 10.2. The number of unbranched alkanes of at least 4 members (excludes halogenated alkanes) is 1. The molecule has 264 valence electrons. The van der Waals surface area contributed by atoms with Crippen molar-refractivity contribution in [1.29, 1.82) is 0 Å². The summed E-state index contributed by atoms with van der Waals surface area (Å²) in [5.41, 5.74) is 1.91. The van der Waals surface area contributed by atoms with Crippen LogP contribution in [-0.4, -0.2) is 121 Å². The van der Waals surface area contributed by atoms with Gasteiger partial charge >= 0.3 is 12.2 Å². The fourth-order valence-electron chi connectivity index (χ4n) is 4.26. The van der Waals surface area contributed by atoms with Crippen LogP contribution in [0.4, 0.5) is 21.2 Å². The highest BCUT2D eigenvalue weighted by atomic mass is 16.6. The van der Waals surface area contributed by atoms with Gasteiger partial charge < -0.3 is 44.8 Å². The van der Waals surface area contributed by atoms with E-state index in [1.54, 1.807) is 6.33 Å². The summed E-state index contributed by atoms with van der Waals surface area (Å²) in [7, 11) is 6.61. The van der Waals surface area contributed by atoms with Crippen molar-refractivity contribution in [1.82, 2.24) is 50.1 Å². The molecule has 17 heteroatoms. The van der Waals surface area contributed by atoms with E-state index in [-0.39, 0.29) is 0 Å². The Hall–Kier alpha value is -4.80. The number of nitrogens with zero attached hydrogens (tertiary/aromatic N) is 8. The van der Waals surface area contributed by atoms with Gasteiger partial charge in [0, 0.05) is 32.7 Å². The molecule has 2 amide bonds. The van der Waals surface area contributed by atoms with Gasteiger partial charge in [0.15, 0.2) is 22.9 Å². The van der Waals surface area contributed by atoms with Crippen molar-refractivity contribution in [3.05, 3.63) is 25.3 Å². The third-order valence-electron chi connectivity index (χ3n) is 6.27. The van der Waals surface area contributed by atoms with Crippen molar-refractivity contribution < 1.29 is 23.5 Å². The molecule has 4 aromatic heterocycles. The molecule has 4 aromatic rings. The van der Waals surface area contributed by atoms with E-state index in [0.29, 0.717) is 43.5 Å². The fraction of sp³-hybridized carbons (Fsp3) is 0.613. The molecule has 5 N–H and O–H groups in total. The molecule has 0 spiro atoms. The highest BCUT2D eigenvalue weighted by Gasteiger charge is 2.17. The Kier molecular flexibility index (Phi) is 13.2. The molecule has 0 aliphatic heterocycles. The monoisotopic (exact) mass is 670 g/mol. The van der Waals surface area contributed by atoms with Crippen molar-refractivity contribution in [3.63, 3.8) is 0 Å². The molecule has 0 unspecified atom stereocenters. The zero-order valence-electron chi connectivity index (χ0n) is 29.7. The number of hydrogen-bond acceptors (Lipinski definition) is 12. The number of aromatic nitrogens is 8. The van der Waals surface area contributed by atoms with Gasteiger partial charge in [0.05, 0.1) is 40.3 Å². The van der Waals surface area contributed by atoms with E-state index in [2.05, 4.69) is 81.9 Å². The van der Waals surface area contributed by atoms with Crippen LogP contribution in [0.2, 0.25) is 0 Å². The minimum atomic E-state index is -0.505. The Balaban J connectivity index is 0.000000275. The molecular weight excluding hydrogens is 618 g/mol. The van der Waals surface area contributed by atoms with Crippen molar-refractivity contribution in [2.24, 2.45) is 0 Å². The van der Waals surface area contributed by atoms with Crippen LogP contribution in [0.15, 0.2) is 25.3 Å². The molecule has 0 bridgehead atoms. The van der Waals surface area contributed by atoms with Gasteiger partial charge in [0.1, 0.15) is 34.9 Å². The van der Waals surface area contributed by atoms with Crippen LogP contribution in [0.3, 0.4) is 0 Å². The van der Waals surface area contributed by atoms with Crippen molar-refractivity contribution in [3.8, 4) is 0 Å². The second-order valence-corrected chi connectivity index (χ2v) is 14.1. The minimum absolute atomic E-state index is 0.423. The first-order valence-electron chi connectivity index (χ1n) is 16.0. The number of H-pyrrole nitrogens is 1. The van der Waals surface area contributed by atoms with Crippen molar-refractivity contribution in [2.45, 2.75) is 72.1 Å². The van der Waals surface area contributed by atoms with E-state index in [4.69, 9.17) is 9.47 Å². The van der Waals surface area contributed by atoms with Gasteiger partial charge in [0.2, 0.25) is 0 Å². The number of fused-ring (bicyclic) bond motifs is 2. The van der Waals surface area contributed by atoms with E-state index in [0.717, 1.165) is 47.1 Å². The number of imidazole rings is 2. The average Bonchev–Trinajstić information content (AvgIpc) is 3.62. The predicted octanol–water partition coefficient (Wildman–Crippen LogP) is 3.54. The van der Waals surface area contributed by atoms with E-state index in [1.165, 1.54) is 12.7 Å². The number of alkyl carbamates (subject to hydrolysis) is 2. The smallest absolute Gasteiger partial charge is 0.407 e. The van der Waals surface area contributed by atoms with E-state index in [1.807, 2.05) is 47.9 Å². The van der Waals surface area contributed by atoms with Gasteiger partial charge in [-0.15, -0.1) is 0 Å². The molecule has 0 aliphatic rings. The van der Waals surface area contributed by atoms with Crippen LogP contribution < -0.4 is 21.3 Å². The van der Waals surface area contributed by atoms with Crippen LogP contribution >= 0.6 is 0 Å². The molecule has 48 heavy (non-hydrogen) atoms. The lowest BCUT2D eigenvalue weighted by Gasteiger charge is -2.23. The standard InChI is InChI=1S/C19H33N7O2.C12H18N6O2/c1-19(2,3)28-18(27)21-10-9-20-16-15-17(23-13-22-16)25(14-24-15)11-7-8-12-26(4,5)6;1-12(2,3)20-11(19)14-5-4-13-9-8-10(16-6-15-8)18-7-17-9/h13-14H,7-12H2,1-6H3,(H-,20,21,22,23,27);6-7H,4-5H2,1-3H3,(H,14,19)(H2,13,15,16,17,18)/p+1.